The van der Waals surface area contributed by atoms with E-state index < -0.39 is 24.0 Å². The maximum Gasteiger partial charge on any atom is 0.335 e. The van der Waals surface area contributed by atoms with Crippen molar-refractivity contribution < 1.29 is 105 Å². The summed E-state index contributed by atoms with van der Waals surface area (Å²) in [5.74, 6) is -2.86. The third-order valence-electron chi connectivity index (χ3n) is 8.89. The van der Waals surface area contributed by atoms with Crippen LogP contribution < -0.4 is 36.5 Å². The minimum absolute atomic E-state index is 0. The minimum atomic E-state index is -1.21. The van der Waals surface area contributed by atoms with Gasteiger partial charge in [-0.1, -0.05) is 58.9 Å². The molecule has 68 heavy (non-hydrogen) atoms. The number of unbranched alkanes of at least 4 members (excludes halogenated alkanes) is 7. The molecule has 0 fully saturated rings. The molecule has 0 aliphatic heterocycles. The van der Waals surface area contributed by atoms with Crippen LogP contribution in [0.4, 0.5) is 0 Å². The number of amides is 4. The minimum Gasteiger partial charge on any atom is -0.540 e. The van der Waals surface area contributed by atoms with E-state index in [0.717, 1.165) is 51.4 Å². The smallest absolute Gasteiger partial charge is 0.335 e. The molecular formula is C45H77N6O15SY-. The second-order valence-electron chi connectivity index (χ2n) is 14.5. The Labute approximate surface area is 432 Å². The van der Waals surface area contributed by atoms with Gasteiger partial charge in [-0.25, -0.2) is 15.9 Å². The van der Waals surface area contributed by atoms with Gasteiger partial charge in [0.1, 0.15) is 31.3 Å². The third kappa shape index (κ3) is 44.9. The van der Waals surface area contributed by atoms with E-state index in [0.29, 0.717) is 38.0 Å². The number of carboxylic acid groups (broad SMARTS) is 2. The number of rotatable bonds is 41. The van der Waals surface area contributed by atoms with Crippen LogP contribution in [0.2, 0.25) is 0 Å². The molecule has 0 spiro atoms. The number of benzene rings is 1. The molecule has 0 aromatic heterocycles. The van der Waals surface area contributed by atoms with Crippen LogP contribution in [0.15, 0.2) is 24.3 Å². The molecule has 0 heterocycles. The summed E-state index contributed by atoms with van der Waals surface area (Å²) in [5, 5.41) is 28.9. The van der Waals surface area contributed by atoms with Gasteiger partial charge in [0.2, 0.25) is 23.6 Å². The van der Waals surface area contributed by atoms with Gasteiger partial charge in [0, 0.05) is 65.2 Å². The van der Waals surface area contributed by atoms with E-state index in [2.05, 4.69) is 38.8 Å². The fourth-order valence-corrected chi connectivity index (χ4v) is 5.32. The Balaban J connectivity index is -0.00000432. The second-order valence-corrected chi connectivity index (χ2v) is 14.8. The van der Waals surface area contributed by atoms with Crippen molar-refractivity contribution in [1.29, 1.82) is 0 Å². The molecule has 3 atom stereocenters. The van der Waals surface area contributed by atoms with E-state index in [1.807, 2.05) is 13.8 Å². The van der Waals surface area contributed by atoms with E-state index in [-0.39, 0.29) is 153 Å². The first-order valence-electron chi connectivity index (χ1n) is 22.9. The van der Waals surface area contributed by atoms with Crippen molar-refractivity contribution in [1.82, 2.24) is 26.0 Å². The maximum atomic E-state index is 12.3. The molecular weight excluding hydrogens is 985 g/mol. The normalized spacial score (nSPS) is 11.6. The van der Waals surface area contributed by atoms with Crippen LogP contribution in [-0.2, 0) is 85.2 Å². The summed E-state index contributed by atoms with van der Waals surface area (Å²) in [6, 6.07) is 4.40. The summed E-state index contributed by atoms with van der Waals surface area (Å²) in [4.78, 5) is 90.6. The molecule has 21 nitrogen and oxygen atoms in total. The fourth-order valence-electron chi connectivity index (χ4n) is 5.27. The molecule has 387 valence electrons. The number of thiol groups is 1. The predicted molar refractivity (Wildman–Crippen MR) is 253 cm³/mol. The average molecular weight is 1060 g/mol. The molecule has 23 heteroatoms. The van der Waals surface area contributed by atoms with Gasteiger partial charge < -0.3 is 70.5 Å². The van der Waals surface area contributed by atoms with Crippen LogP contribution in [0.25, 0.3) is 0 Å². The quantitative estimate of drug-likeness (QED) is 0.0197. The zero-order valence-corrected chi connectivity index (χ0v) is 43.8. The molecule has 1 rings (SSSR count). The van der Waals surface area contributed by atoms with Gasteiger partial charge >= 0.3 is 11.9 Å². The van der Waals surface area contributed by atoms with Crippen molar-refractivity contribution in [2.24, 2.45) is 5.73 Å². The van der Waals surface area contributed by atoms with Crippen LogP contribution in [0.3, 0.4) is 0 Å². The van der Waals surface area contributed by atoms with E-state index in [4.69, 9.17) is 34.5 Å². The van der Waals surface area contributed by atoms with Gasteiger partial charge in [0.15, 0.2) is 0 Å². The zero-order valence-electron chi connectivity index (χ0n) is 40.1. The second kappa shape index (κ2) is 49.8. The number of hydrogen-bond donors (Lipinski definition) is 9. The maximum absolute atomic E-state index is 12.3. The number of ether oxygens (including phenoxy) is 5. The van der Waals surface area contributed by atoms with Crippen LogP contribution in [0.1, 0.15) is 115 Å². The predicted octanol–water partition coefficient (Wildman–Crippen LogP) is 2.29. The Morgan fingerprint density at radius 3 is 1.68 bits per heavy atom. The van der Waals surface area contributed by atoms with E-state index in [9.17, 15) is 43.5 Å². The molecule has 0 saturated heterocycles. The van der Waals surface area contributed by atoms with Crippen molar-refractivity contribution in [3.63, 3.8) is 0 Å². The Morgan fingerprint density at radius 1 is 0.662 bits per heavy atom. The van der Waals surface area contributed by atoms with E-state index >= 15 is 0 Å². The first-order chi connectivity index (χ1) is 32.3. The van der Waals surface area contributed by atoms with Crippen molar-refractivity contribution in [3.05, 3.63) is 29.8 Å². The van der Waals surface area contributed by atoms with Crippen molar-refractivity contribution in [3.8, 4) is 5.75 Å². The molecule has 1 aromatic carbocycles. The topological polar surface area (TPSA) is 309 Å². The van der Waals surface area contributed by atoms with Gasteiger partial charge in [-0.3, -0.25) is 23.9 Å². The summed E-state index contributed by atoms with van der Waals surface area (Å²) >= 11 is 3.58. The van der Waals surface area contributed by atoms with E-state index in [1.54, 1.807) is 25.3 Å². The molecule has 1 radical (unpaired) electrons. The molecule has 0 aliphatic rings. The third-order valence-corrected chi connectivity index (χ3v) is 9.28. The summed E-state index contributed by atoms with van der Waals surface area (Å²) in [6.07, 6.45) is 10.8. The Morgan fingerprint density at radius 2 is 1.18 bits per heavy atom. The monoisotopic (exact) mass is 1060 g/mol. The average Bonchev–Trinajstić information content (AvgIpc) is 3.32. The number of carbonyl (C=O) groups is 7. The van der Waals surface area contributed by atoms with Crippen LogP contribution in [0, 0.1) is 0 Å². The number of aromatic carboxylic acids is 1. The number of aldehydes is 1. The van der Waals surface area contributed by atoms with Crippen molar-refractivity contribution in [2.75, 3.05) is 79.1 Å². The molecule has 0 aliphatic carbocycles. The number of aliphatic carboxylic acids is 1. The van der Waals surface area contributed by atoms with Gasteiger partial charge in [-0.15, -0.1) is 12.8 Å². The molecule has 4 amide bonds. The summed E-state index contributed by atoms with van der Waals surface area (Å²) in [5.41, 5.74) is 5.72. The standard InChI is InChI=1S/C40H65N5O14.C3H6NOS.C2H6.Y/c41-32(28-46)10-7-8-18-42-37(49)29-57-26-25-56-23-20-44-38(50)30-58-27-24-55-22-19-43-35(47)17-16-34(40(53)54)45-36(48)11-6-4-2-1-3-5-9-21-59-33-14-12-31(13-15-33)39(51)52;1-3(2-5)4-6;1-2;/h12-15,28,32,34H,1-11,16-27,29-30,41H2,(H,42,49)(H,43,47)(H,44,50)(H,45,48)(H,51,52)(H,53,54);3-4,6H,1H3;1-2H3;/q;-1;;/t32-,34-;3-;;/m00../s1. The largest absolute Gasteiger partial charge is 0.540 e. The number of hydrogen-bond acceptors (Lipinski definition) is 16. The van der Waals surface area contributed by atoms with Gasteiger partial charge in [-0.05, 0) is 62.8 Å². The van der Waals surface area contributed by atoms with Crippen LogP contribution in [0.5, 0.6) is 5.75 Å². The van der Waals surface area contributed by atoms with Gasteiger partial charge in [-0.2, -0.15) is 0 Å². The Kier molecular flexibility index (Phi) is 50.3. The zero-order chi connectivity index (χ0) is 50.3. The summed E-state index contributed by atoms with van der Waals surface area (Å²) in [7, 11) is 0. The van der Waals surface area contributed by atoms with Crippen LogP contribution in [-0.4, -0.2) is 156 Å². The summed E-state index contributed by atoms with van der Waals surface area (Å²) in [6.45, 7) is 8.16. The number of carbonyl (C=O) groups excluding carboxylic acids is 6. The molecule has 9 N–H and O–H groups in total. The SMILES string of the molecule is CC.C[C@@H]([C-]=O)NS.N[C@H](C=O)CCCCNC(=O)COCCOCCNC(=O)COCCOCCNC(=O)CC[C@H](NC(=O)CCCCCCCCCOc1ccc(C(=O)O)cc1)C(=O)O.[Y]. The number of nitrogens with one attached hydrogen (secondary N) is 5. The first kappa shape index (κ1) is 68.7. The van der Waals surface area contributed by atoms with Gasteiger partial charge in [0.05, 0.1) is 57.9 Å². The van der Waals surface area contributed by atoms with Crippen LogP contribution >= 0.6 is 12.8 Å². The number of nitrogens with two attached hydrogens (primary N) is 1. The fraction of sp³-hybridized carbons (Fsp3) is 0.689. The number of carboxylic acids is 2. The van der Waals surface area contributed by atoms with Crippen molar-refractivity contribution >= 4 is 61.0 Å². The molecule has 0 bridgehead atoms. The van der Waals surface area contributed by atoms with Crippen molar-refractivity contribution in [2.45, 2.75) is 122 Å². The molecule has 0 unspecified atom stereocenters. The molecule has 1 aromatic rings. The van der Waals surface area contributed by atoms with Gasteiger partial charge in [0.25, 0.3) is 0 Å². The Bertz CT molecular complexity index is 1490. The first-order valence-corrected chi connectivity index (χ1v) is 23.3. The van der Waals surface area contributed by atoms with E-state index in [1.165, 1.54) is 12.1 Å². The molecule has 0 saturated carbocycles. The summed E-state index contributed by atoms with van der Waals surface area (Å²) < 4.78 is 29.2. The Hall–Kier alpha value is -3.61.